The van der Waals surface area contributed by atoms with E-state index in [-0.39, 0.29) is 18.1 Å². The van der Waals surface area contributed by atoms with E-state index in [1.165, 1.54) is 0 Å². The number of aromatic amines is 1. The van der Waals surface area contributed by atoms with E-state index >= 15 is 0 Å². The molecule has 0 saturated heterocycles. The third kappa shape index (κ3) is 3.08. The third-order valence-electron chi connectivity index (χ3n) is 2.89. The lowest BCUT2D eigenvalue weighted by Crippen LogP contribution is -2.44. The number of aromatic nitrogens is 2. The molecule has 0 bridgehead atoms. The van der Waals surface area contributed by atoms with Crippen molar-refractivity contribution in [2.75, 3.05) is 13.2 Å². The Bertz CT molecular complexity index is 405. The van der Waals surface area contributed by atoms with Crippen LogP contribution >= 0.6 is 0 Å². The second kappa shape index (κ2) is 5.97. The molecule has 2 rings (SSSR count). The van der Waals surface area contributed by atoms with Crippen LogP contribution in [0.2, 0.25) is 0 Å². The van der Waals surface area contributed by atoms with Gasteiger partial charge in [0.05, 0.1) is 24.3 Å². The quantitative estimate of drug-likeness (QED) is 0.742. The summed E-state index contributed by atoms with van der Waals surface area (Å²) in [5.74, 6) is -0.240. The summed E-state index contributed by atoms with van der Waals surface area (Å²) in [6.45, 7) is 5.42. The van der Waals surface area contributed by atoms with Crippen LogP contribution in [0.15, 0.2) is 6.33 Å². The van der Waals surface area contributed by atoms with Gasteiger partial charge in [0, 0.05) is 19.6 Å². The topological polar surface area (TPSA) is 76.2 Å². The van der Waals surface area contributed by atoms with Crippen LogP contribution in [0, 0.1) is 0 Å². The van der Waals surface area contributed by atoms with Gasteiger partial charge in [-0.15, -0.1) is 0 Å². The van der Waals surface area contributed by atoms with E-state index in [4.69, 9.17) is 9.47 Å². The summed E-state index contributed by atoms with van der Waals surface area (Å²) in [5.41, 5.74) is 1.98. The lowest BCUT2D eigenvalue weighted by molar-refractivity contribution is -0.153. The summed E-state index contributed by atoms with van der Waals surface area (Å²) < 4.78 is 10.5. The van der Waals surface area contributed by atoms with Gasteiger partial charge in [0.2, 0.25) is 0 Å². The van der Waals surface area contributed by atoms with Gasteiger partial charge in [-0.2, -0.15) is 0 Å². The van der Waals surface area contributed by atoms with Gasteiger partial charge >= 0.3 is 5.97 Å². The van der Waals surface area contributed by atoms with Crippen LogP contribution < -0.4 is 5.32 Å². The minimum Gasteiger partial charge on any atom is -0.459 e. The Morgan fingerprint density at radius 2 is 2.50 bits per heavy atom. The number of nitrogens with zero attached hydrogens (tertiary/aromatic N) is 1. The molecule has 0 fully saturated rings. The molecular formula is C12H19N3O3. The monoisotopic (exact) mass is 253 g/mol. The maximum absolute atomic E-state index is 11.9. The molecule has 0 aromatic carbocycles. The highest BCUT2D eigenvalue weighted by atomic mass is 16.6. The molecule has 18 heavy (non-hydrogen) atoms. The summed E-state index contributed by atoms with van der Waals surface area (Å²) in [6, 6.07) is -0.315. The number of nitrogens with one attached hydrogen (secondary N) is 2. The van der Waals surface area contributed by atoms with E-state index in [1.54, 1.807) is 6.33 Å². The summed E-state index contributed by atoms with van der Waals surface area (Å²) in [7, 11) is 0. The van der Waals surface area contributed by atoms with E-state index in [0.717, 1.165) is 11.4 Å². The molecule has 1 aliphatic heterocycles. The Kier molecular flexibility index (Phi) is 4.33. The van der Waals surface area contributed by atoms with E-state index in [9.17, 15) is 4.79 Å². The van der Waals surface area contributed by atoms with Crippen molar-refractivity contribution in [3.8, 4) is 0 Å². The smallest absolute Gasteiger partial charge is 0.323 e. The van der Waals surface area contributed by atoms with E-state index in [0.29, 0.717) is 26.2 Å². The first-order valence-electron chi connectivity index (χ1n) is 6.23. The number of carbonyl (C=O) groups is 1. The summed E-state index contributed by atoms with van der Waals surface area (Å²) in [4.78, 5) is 19.2. The predicted molar refractivity (Wildman–Crippen MR) is 65.0 cm³/mol. The lowest BCUT2D eigenvalue weighted by atomic mass is 10.1. The van der Waals surface area contributed by atoms with Gasteiger partial charge in [0.1, 0.15) is 12.1 Å². The Morgan fingerprint density at radius 1 is 1.67 bits per heavy atom. The SMILES string of the molecule is CCOCC(C)OC(=O)C1Cc2nc[nH]c2CN1. The maximum atomic E-state index is 11.9. The van der Waals surface area contributed by atoms with Crippen LogP contribution in [0.25, 0.3) is 0 Å². The Labute approximate surface area is 106 Å². The predicted octanol–water partition coefficient (Wildman–Crippen LogP) is 0.392. The first-order valence-corrected chi connectivity index (χ1v) is 6.23. The van der Waals surface area contributed by atoms with E-state index < -0.39 is 0 Å². The Balaban J connectivity index is 1.84. The van der Waals surface area contributed by atoms with Crippen LogP contribution in [0.5, 0.6) is 0 Å². The molecule has 1 aliphatic rings. The van der Waals surface area contributed by atoms with Crippen LogP contribution in [0.1, 0.15) is 25.2 Å². The zero-order valence-electron chi connectivity index (χ0n) is 10.7. The zero-order valence-corrected chi connectivity index (χ0v) is 10.7. The van der Waals surface area contributed by atoms with E-state index in [2.05, 4.69) is 15.3 Å². The van der Waals surface area contributed by atoms with Crippen molar-refractivity contribution < 1.29 is 14.3 Å². The number of fused-ring (bicyclic) bond motifs is 1. The highest BCUT2D eigenvalue weighted by Crippen LogP contribution is 2.13. The molecule has 2 heterocycles. The Hall–Kier alpha value is -1.40. The van der Waals surface area contributed by atoms with Crippen molar-refractivity contribution >= 4 is 5.97 Å². The van der Waals surface area contributed by atoms with Gasteiger partial charge < -0.3 is 14.5 Å². The summed E-state index contributed by atoms with van der Waals surface area (Å²) >= 11 is 0. The van der Waals surface area contributed by atoms with Gasteiger partial charge in [-0.1, -0.05) is 0 Å². The van der Waals surface area contributed by atoms with Crippen molar-refractivity contribution in [2.45, 2.75) is 39.0 Å². The normalized spacial score (nSPS) is 20.2. The molecule has 0 radical (unpaired) electrons. The lowest BCUT2D eigenvalue weighted by Gasteiger charge is -2.23. The van der Waals surface area contributed by atoms with Crippen molar-refractivity contribution in [2.24, 2.45) is 0 Å². The molecule has 6 heteroatoms. The number of H-pyrrole nitrogens is 1. The fourth-order valence-corrected chi connectivity index (χ4v) is 1.93. The first-order chi connectivity index (χ1) is 8.70. The molecule has 1 aromatic rings. The second-order valence-corrected chi connectivity index (χ2v) is 4.37. The minimum atomic E-state index is -0.315. The number of carbonyl (C=O) groups excluding carboxylic acids is 1. The molecule has 6 nitrogen and oxygen atoms in total. The van der Waals surface area contributed by atoms with Crippen molar-refractivity contribution in [3.05, 3.63) is 17.7 Å². The number of rotatable bonds is 5. The highest BCUT2D eigenvalue weighted by molar-refractivity contribution is 5.76. The van der Waals surface area contributed by atoms with Crippen molar-refractivity contribution in [3.63, 3.8) is 0 Å². The third-order valence-corrected chi connectivity index (χ3v) is 2.89. The number of hydrogen-bond acceptors (Lipinski definition) is 5. The standard InChI is InChI=1S/C12H19N3O3/c1-3-17-6-8(2)18-12(16)10-4-9-11(5-13-10)15-7-14-9/h7-8,10,13H,3-6H2,1-2H3,(H,14,15). The number of hydrogen-bond donors (Lipinski definition) is 2. The average molecular weight is 253 g/mol. The van der Waals surface area contributed by atoms with Crippen molar-refractivity contribution in [1.29, 1.82) is 0 Å². The van der Waals surface area contributed by atoms with Gasteiger partial charge in [-0.3, -0.25) is 10.1 Å². The van der Waals surface area contributed by atoms with Gasteiger partial charge in [0.15, 0.2) is 0 Å². The fraction of sp³-hybridized carbons (Fsp3) is 0.667. The molecule has 2 unspecified atom stereocenters. The summed E-state index contributed by atoms with van der Waals surface area (Å²) in [5, 5.41) is 3.14. The molecule has 0 saturated carbocycles. The largest absolute Gasteiger partial charge is 0.459 e. The molecule has 2 N–H and O–H groups in total. The van der Waals surface area contributed by atoms with Crippen LogP contribution in [-0.4, -0.2) is 41.3 Å². The fourth-order valence-electron chi connectivity index (χ4n) is 1.93. The molecule has 100 valence electrons. The second-order valence-electron chi connectivity index (χ2n) is 4.37. The zero-order chi connectivity index (χ0) is 13.0. The Morgan fingerprint density at radius 3 is 3.28 bits per heavy atom. The molecule has 2 atom stereocenters. The van der Waals surface area contributed by atoms with Gasteiger partial charge in [-0.05, 0) is 13.8 Å². The van der Waals surface area contributed by atoms with E-state index in [1.807, 2.05) is 13.8 Å². The molecule has 0 aliphatic carbocycles. The van der Waals surface area contributed by atoms with Crippen LogP contribution in [0.3, 0.4) is 0 Å². The van der Waals surface area contributed by atoms with Crippen LogP contribution in [-0.2, 0) is 27.2 Å². The van der Waals surface area contributed by atoms with Crippen molar-refractivity contribution in [1.82, 2.24) is 15.3 Å². The van der Waals surface area contributed by atoms with Crippen LogP contribution in [0.4, 0.5) is 0 Å². The van der Waals surface area contributed by atoms with Gasteiger partial charge in [0.25, 0.3) is 0 Å². The number of ether oxygens (including phenoxy) is 2. The molecule has 0 spiro atoms. The highest BCUT2D eigenvalue weighted by Gasteiger charge is 2.27. The first kappa shape index (κ1) is 13.0. The minimum absolute atomic E-state index is 0.222. The molecule has 1 aromatic heterocycles. The molecular weight excluding hydrogens is 234 g/mol. The maximum Gasteiger partial charge on any atom is 0.323 e. The number of imidazole rings is 1. The average Bonchev–Trinajstić information content (AvgIpc) is 2.83. The summed E-state index contributed by atoms with van der Waals surface area (Å²) in [6.07, 6.45) is 2.00. The van der Waals surface area contributed by atoms with Gasteiger partial charge in [-0.25, -0.2) is 4.98 Å². The molecule has 0 amide bonds. The number of esters is 1.